The molecule has 0 bridgehead atoms. The van der Waals surface area contributed by atoms with Crippen LogP contribution in [0.3, 0.4) is 0 Å². The Kier molecular flexibility index (Phi) is 11.8. The molecular formula is C76H53N. The van der Waals surface area contributed by atoms with Gasteiger partial charge in [-0.15, -0.1) is 0 Å². The van der Waals surface area contributed by atoms with E-state index in [1.165, 1.54) is 128 Å². The molecule has 1 aromatic heterocycles. The molecule has 1 nitrogen and oxygen atoms in total. The summed E-state index contributed by atoms with van der Waals surface area (Å²) < 4.78 is 2.40. The Bertz CT molecular complexity index is 4220. The third-order valence-electron chi connectivity index (χ3n) is 15.8. The highest BCUT2D eigenvalue weighted by Gasteiger charge is 2.29. The summed E-state index contributed by atoms with van der Waals surface area (Å²) in [5.74, 6) is 0.0896. The van der Waals surface area contributed by atoms with Crippen LogP contribution in [0.25, 0.3) is 94.3 Å². The molecule has 1 heterocycles. The van der Waals surface area contributed by atoms with Gasteiger partial charge in [0.25, 0.3) is 0 Å². The molecule has 1 aliphatic carbocycles. The molecule has 14 rings (SSSR count). The minimum atomic E-state index is 0.0896. The van der Waals surface area contributed by atoms with Gasteiger partial charge in [-0.2, -0.15) is 0 Å². The summed E-state index contributed by atoms with van der Waals surface area (Å²) in [7, 11) is 0. The summed E-state index contributed by atoms with van der Waals surface area (Å²) in [6.07, 6.45) is 0.843. The predicted molar refractivity (Wildman–Crippen MR) is 324 cm³/mol. The Balaban J connectivity index is 0.839. The number of rotatable bonds is 11. The van der Waals surface area contributed by atoms with Crippen LogP contribution in [0.4, 0.5) is 0 Å². The van der Waals surface area contributed by atoms with Gasteiger partial charge in [-0.05, 0) is 149 Å². The van der Waals surface area contributed by atoms with Crippen LogP contribution in [0.2, 0.25) is 0 Å². The first kappa shape index (κ1) is 45.8. The molecule has 0 aliphatic heterocycles. The number of benzene rings is 12. The second-order valence-electron chi connectivity index (χ2n) is 20.3. The third-order valence-corrected chi connectivity index (χ3v) is 15.8. The Labute approximate surface area is 451 Å². The molecule has 0 saturated carbocycles. The van der Waals surface area contributed by atoms with E-state index in [0.717, 1.165) is 12.1 Å². The van der Waals surface area contributed by atoms with Crippen LogP contribution in [0.5, 0.6) is 0 Å². The highest BCUT2D eigenvalue weighted by Crippen LogP contribution is 2.50. The molecule has 0 amide bonds. The van der Waals surface area contributed by atoms with Gasteiger partial charge in [0.05, 0.1) is 11.0 Å². The molecular weight excluding hydrogens is 927 g/mol. The Morgan fingerprint density at radius 1 is 0.286 bits per heavy atom. The van der Waals surface area contributed by atoms with Crippen molar-refractivity contribution in [2.24, 2.45) is 0 Å². The van der Waals surface area contributed by atoms with Crippen LogP contribution in [0, 0.1) is 0 Å². The lowest BCUT2D eigenvalue weighted by Crippen LogP contribution is -2.06. The molecule has 13 aromatic rings. The molecule has 362 valence electrons. The summed E-state index contributed by atoms with van der Waals surface area (Å²) >= 11 is 0. The maximum absolute atomic E-state index is 2.51. The highest BCUT2D eigenvalue weighted by molar-refractivity contribution is 6.14. The Morgan fingerprint density at radius 3 is 1.32 bits per heavy atom. The molecule has 0 N–H and O–H groups in total. The van der Waals surface area contributed by atoms with Gasteiger partial charge in [0.1, 0.15) is 0 Å². The van der Waals surface area contributed by atoms with Crippen molar-refractivity contribution in [2.45, 2.75) is 12.3 Å². The normalized spacial score (nSPS) is 12.1. The lowest BCUT2D eigenvalue weighted by atomic mass is 9.82. The monoisotopic (exact) mass is 979 g/mol. The van der Waals surface area contributed by atoms with Crippen molar-refractivity contribution in [3.63, 3.8) is 0 Å². The van der Waals surface area contributed by atoms with E-state index in [9.17, 15) is 0 Å². The Hall–Kier alpha value is -9.82. The fourth-order valence-electron chi connectivity index (χ4n) is 12.0. The summed E-state index contributed by atoms with van der Waals surface area (Å²) in [5.41, 5.74) is 27.3. The minimum absolute atomic E-state index is 0.0896. The molecule has 1 unspecified atom stereocenters. The molecule has 1 heteroatoms. The predicted octanol–water partition coefficient (Wildman–Crippen LogP) is 19.8. The van der Waals surface area contributed by atoms with Crippen LogP contribution in [-0.2, 0) is 6.42 Å². The Morgan fingerprint density at radius 2 is 0.714 bits per heavy atom. The van der Waals surface area contributed by atoms with Gasteiger partial charge in [-0.3, -0.25) is 0 Å². The lowest BCUT2D eigenvalue weighted by molar-refractivity contribution is 0.805. The summed E-state index contributed by atoms with van der Waals surface area (Å²) in [6.45, 7) is 0. The van der Waals surface area contributed by atoms with Gasteiger partial charge < -0.3 is 4.57 Å². The van der Waals surface area contributed by atoms with E-state index in [-0.39, 0.29) is 5.92 Å². The maximum Gasteiger partial charge on any atom is 0.0541 e. The second kappa shape index (κ2) is 19.8. The fourth-order valence-corrected chi connectivity index (χ4v) is 12.0. The zero-order chi connectivity index (χ0) is 51.1. The van der Waals surface area contributed by atoms with E-state index in [0.29, 0.717) is 0 Å². The van der Waals surface area contributed by atoms with E-state index in [4.69, 9.17) is 0 Å². The first-order chi connectivity index (χ1) is 38.2. The van der Waals surface area contributed by atoms with Crippen LogP contribution in [0.15, 0.2) is 303 Å². The zero-order valence-corrected chi connectivity index (χ0v) is 42.6. The van der Waals surface area contributed by atoms with Crippen molar-refractivity contribution in [2.75, 3.05) is 0 Å². The maximum atomic E-state index is 2.51. The van der Waals surface area contributed by atoms with Crippen LogP contribution >= 0.6 is 0 Å². The summed E-state index contributed by atoms with van der Waals surface area (Å²) in [5, 5.41) is 2.50. The van der Waals surface area contributed by atoms with Crippen molar-refractivity contribution in [3.05, 3.63) is 342 Å². The number of hydrogen-bond acceptors (Lipinski definition) is 0. The third kappa shape index (κ3) is 8.59. The molecule has 77 heavy (non-hydrogen) atoms. The molecule has 0 spiro atoms. The van der Waals surface area contributed by atoms with E-state index < -0.39 is 0 Å². The molecule has 0 radical (unpaired) electrons. The number of fused-ring (bicyclic) bond motifs is 6. The number of para-hydroxylation sites is 1. The highest BCUT2D eigenvalue weighted by atomic mass is 15.0. The SMILES string of the molecule is c1ccc(C(=C2c3ccccc3-c3ccc(C(Cc4ccc(-c5ccc6c(c5)c5ccccc5n6-c5ccc(-c6ccccc6)cc5)cc4)c4ccc(-c5ccc(-c6ccccc6)cc5)cc4)cc32)c2ccccc2)cc1. The molecule has 1 aliphatic rings. The topological polar surface area (TPSA) is 4.93 Å². The molecule has 0 fully saturated rings. The fraction of sp³-hybridized carbons (Fsp3) is 0.0263. The summed E-state index contributed by atoms with van der Waals surface area (Å²) in [4.78, 5) is 0. The smallest absolute Gasteiger partial charge is 0.0541 e. The van der Waals surface area contributed by atoms with Crippen LogP contribution in [0.1, 0.15) is 44.9 Å². The number of aromatic nitrogens is 1. The van der Waals surface area contributed by atoms with Crippen molar-refractivity contribution < 1.29 is 0 Å². The van der Waals surface area contributed by atoms with E-state index in [2.05, 4.69) is 308 Å². The van der Waals surface area contributed by atoms with Gasteiger partial charge in [-0.1, -0.05) is 267 Å². The van der Waals surface area contributed by atoms with E-state index in [1.807, 2.05) is 0 Å². The van der Waals surface area contributed by atoms with Gasteiger partial charge in [0.15, 0.2) is 0 Å². The second-order valence-corrected chi connectivity index (χ2v) is 20.3. The standard InChI is InChI=1S/C76H53N/c1-5-17-53(18-6-1)55-33-35-56(36-34-55)57-37-39-60(40-38-57)70(64-43-47-67-66-25-13-14-27-69(66)76(72(67)51-64)75(61-21-9-3-10-22-61)62-23-11-4-12-24-62)49-52-29-31-59(32-30-52)63-44-48-74-71(50-63)68-26-15-16-28-73(68)77(74)65-45-41-58(42-46-65)54-19-7-2-8-20-54/h1-48,50-51,70H,49H2. The largest absolute Gasteiger partial charge is 0.309 e. The average molecular weight is 980 g/mol. The van der Waals surface area contributed by atoms with Gasteiger partial charge in [-0.25, -0.2) is 0 Å². The van der Waals surface area contributed by atoms with Crippen LogP contribution in [-0.4, -0.2) is 4.57 Å². The van der Waals surface area contributed by atoms with Crippen molar-refractivity contribution >= 4 is 33.0 Å². The quantitative estimate of drug-likeness (QED) is 0.122. The number of nitrogens with zero attached hydrogens (tertiary/aromatic N) is 1. The van der Waals surface area contributed by atoms with E-state index in [1.54, 1.807) is 0 Å². The van der Waals surface area contributed by atoms with Crippen molar-refractivity contribution in [3.8, 4) is 61.3 Å². The van der Waals surface area contributed by atoms with Gasteiger partial charge in [0, 0.05) is 22.4 Å². The van der Waals surface area contributed by atoms with Gasteiger partial charge >= 0.3 is 0 Å². The lowest BCUT2D eigenvalue weighted by Gasteiger charge is -2.21. The van der Waals surface area contributed by atoms with Crippen LogP contribution < -0.4 is 0 Å². The van der Waals surface area contributed by atoms with E-state index >= 15 is 0 Å². The minimum Gasteiger partial charge on any atom is -0.309 e. The molecule has 1 atom stereocenters. The molecule has 12 aromatic carbocycles. The summed E-state index contributed by atoms with van der Waals surface area (Å²) in [6, 6.07) is 112. The van der Waals surface area contributed by atoms with Crippen molar-refractivity contribution in [1.82, 2.24) is 4.57 Å². The number of hydrogen-bond donors (Lipinski definition) is 0. The van der Waals surface area contributed by atoms with Gasteiger partial charge in [0.2, 0.25) is 0 Å². The first-order valence-corrected chi connectivity index (χ1v) is 26.8. The van der Waals surface area contributed by atoms with Crippen molar-refractivity contribution in [1.29, 1.82) is 0 Å². The molecule has 0 saturated heterocycles. The first-order valence-electron chi connectivity index (χ1n) is 26.8. The average Bonchev–Trinajstić information content (AvgIpc) is 4.08. The zero-order valence-electron chi connectivity index (χ0n) is 42.6.